The van der Waals surface area contributed by atoms with Crippen LogP contribution in [0.25, 0.3) is 5.69 Å². The number of aryl methyl sites for hydroxylation is 4. The second-order valence-corrected chi connectivity index (χ2v) is 24.9. The molecule has 0 aliphatic heterocycles. The molecule has 0 bridgehead atoms. The fraction of sp³-hybridized carbons (Fsp3) is 0.400. The van der Waals surface area contributed by atoms with E-state index in [4.69, 9.17) is 50.4 Å². The van der Waals surface area contributed by atoms with Crippen molar-refractivity contribution in [3.05, 3.63) is 118 Å². The maximum Gasteiger partial charge on any atom is 0.303 e. The van der Waals surface area contributed by atoms with Gasteiger partial charge in [-0.25, -0.2) is 4.68 Å². The number of nitrogens with zero attached hydrogens (tertiary/aromatic N) is 8. The number of ketones is 3. The number of methoxy groups -OCH3 is 4. The number of hydrogen-bond donors (Lipinski definition) is 1. The summed E-state index contributed by atoms with van der Waals surface area (Å²) in [6, 6.07) is 22.3. The number of hydrogen-bond acceptors (Lipinski definition) is 16. The lowest BCUT2D eigenvalue weighted by Crippen LogP contribution is -2.38. The van der Waals surface area contributed by atoms with Gasteiger partial charge in [-0.15, -0.1) is 42.1 Å². The van der Waals surface area contributed by atoms with Gasteiger partial charge in [0, 0.05) is 47.3 Å². The Balaban J connectivity index is 0.000000208. The van der Waals surface area contributed by atoms with Gasteiger partial charge in [-0.3, -0.25) is 58.0 Å². The van der Waals surface area contributed by atoms with Gasteiger partial charge < -0.3 is 24.7 Å². The molecule has 2 heterocycles. The molecular formula is C75H85N9O12S. The molecule has 9 rings (SSSR count). The van der Waals surface area contributed by atoms with Gasteiger partial charge >= 0.3 is 23.6 Å². The van der Waals surface area contributed by atoms with Crippen LogP contribution in [0.2, 0.25) is 0 Å². The fourth-order valence-electron chi connectivity index (χ4n) is 12.4. The van der Waals surface area contributed by atoms with E-state index in [1.54, 1.807) is 82.9 Å². The number of amides is 5. The predicted molar refractivity (Wildman–Crippen MR) is 375 cm³/mol. The monoisotopic (exact) mass is 1340 g/mol. The summed E-state index contributed by atoms with van der Waals surface area (Å²) < 4.78 is 22.7. The van der Waals surface area contributed by atoms with Crippen LogP contribution in [0.5, 0.6) is 23.0 Å². The smallest absolute Gasteiger partial charge is 0.303 e. The molecular weight excluding hydrogens is 1250 g/mol. The molecule has 3 fully saturated rings. The Kier molecular flexibility index (Phi) is 29.2. The lowest BCUT2D eigenvalue weighted by Gasteiger charge is -2.30. The molecule has 0 saturated heterocycles. The number of terminal acetylenes is 4. The quantitative estimate of drug-likeness (QED) is 0.0553. The lowest BCUT2D eigenvalue weighted by atomic mass is 9.95. The molecule has 22 heteroatoms. The van der Waals surface area contributed by atoms with Crippen LogP contribution in [0.4, 0.5) is 22.7 Å². The topological polar surface area (TPSA) is 256 Å². The normalized spacial score (nSPS) is 13.5. The summed E-state index contributed by atoms with van der Waals surface area (Å²) in [5.41, 5.74) is 11.5. The Labute approximate surface area is 572 Å². The third kappa shape index (κ3) is 21.2. The van der Waals surface area contributed by atoms with Gasteiger partial charge in [0.15, 0.2) is 28.8 Å². The van der Waals surface area contributed by atoms with E-state index in [9.17, 15) is 38.4 Å². The van der Waals surface area contributed by atoms with E-state index in [0.717, 1.165) is 89.1 Å². The minimum Gasteiger partial charge on any atom is -0.497 e. The summed E-state index contributed by atoms with van der Waals surface area (Å²) in [4.78, 5) is 104. The largest absolute Gasteiger partial charge is 0.497 e. The summed E-state index contributed by atoms with van der Waals surface area (Å²) in [6.07, 6.45) is 37.8. The fourth-order valence-corrected chi connectivity index (χ4v) is 13.3. The number of carbonyl (C=O) groups is 8. The standard InChI is InChI=1S/C24H27NO4S.C19H21N5O2.C19H23NO3.C13H14N2O3/c1-5-22(27)25(18-13-16(2)24(29-4)20(15-18)28-3)23(21-11-8-12-30-21)19(26)14-17-9-6-7-10-17;1-3-19(26)23(12-17(25)11-15-6-4-5-7-15)16-8-9-18(14(2)10-16)24-13-20-21-22-24;1-4-19(22)20(13-16(21)12-15-7-5-6-8-15)18-10-9-17(23-3)11-14(18)2;1-4-13(17)15(8-12(14)16)11-6-5-10(18-3)7-9(11)2/h1,8,11-13,15,17,23H,6-7,9-10,14H2,2-4H3;1,8-10,13,15H,4-7,11-12H2,2H3;1,9-11,15H,5-8,12-13H2,2-3H3;1,5-7H,8H2,2-3H3,(H2,14,16). The van der Waals surface area contributed by atoms with E-state index >= 15 is 0 Å². The molecule has 97 heavy (non-hydrogen) atoms. The number of primary amides is 1. The predicted octanol–water partition coefficient (Wildman–Crippen LogP) is 10.6. The van der Waals surface area contributed by atoms with E-state index in [1.165, 1.54) is 69.8 Å². The number of aromatic nitrogens is 4. The van der Waals surface area contributed by atoms with Crippen molar-refractivity contribution >= 4 is 81.0 Å². The van der Waals surface area contributed by atoms with E-state index in [-0.39, 0.29) is 37.0 Å². The Bertz CT molecular complexity index is 3910. The second kappa shape index (κ2) is 37.5. The summed E-state index contributed by atoms with van der Waals surface area (Å²) in [5.74, 6) is 9.44. The van der Waals surface area contributed by atoms with Gasteiger partial charge in [-0.05, 0) is 174 Å². The second-order valence-electron chi connectivity index (χ2n) is 23.9. The number of thiophene rings is 1. The summed E-state index contributed by atoms with van der Waals surface area (Å²) in [5, 5.41) is 13.0. The number of ether oxygens (including phenoxy) is 4. The van der Waals surface area contributed by atoms with E-state index < -0.39 is 35.6 Å². The summed E-state index contributed by atoms with van der Waals surface area (Å²) in [6.45, 7) is 7.20. The van der Waals surface area contributed by atoms with Crippen molar-refractivity contribution in [2.24, 2.45) is 23.5 Å². The first-order chi connectivity index (χ1) is 46.6. The zero-order valence-electron chi connectivity index (χ0n) is 56.5. The minimum atomic E-state index is -0.758. The average molecular weight is 1340 g/mol. The van der Waals surface area contributed by atoms with Gasteiger partial charge in [-0.2, -0.15) is 0 Å². The first-order valence-electron chi connectivity index (χ1n) is 32.0. The van der Waals surface area contributed by atoms with Gasteiger partial charge in [0.1, 0.15) is 30.4 Å². The molecule has 5 amide bonds. The maximum absolute atomic E-state index is 13.5. The number of carbonyl (C=O) groups excluding carboxylic acids is 8. The van der Waals surface area contributed by atoms with Gasteiger partial charge in [0.25, 0.3) is 0 Å². The van der Waals surface area contributed by atoms with Crippen LogP contribution in [0.3, 0.4) is 0 Å². The molecule has 6 aromatic rings. The van der Waals surface area contributed by atoms with Crippen molar-refractivity contribution in [2.75, 3.05) is 67.7 Å². The number of nitrogens with two attached hydrogens (primary N) is 1. The van der Waals surface area contributed by atoms with Gasteiger partial charge in [0.05, 0.1) is 52.9 Å². The molecule has 2 aromatic heterocycles. The van der Waals surface area contributed by atoms with Crippen LogP contribution in [0.1, 0.15) is 129 Å². The molecule has 508 valence electrons. The summed E-state index contributed by atoms with van der Waals surface area (Å²) in [7, 11) is 6.23. The van der Waals surface area contributed by atoms with Crippen molar-refractivity contribution in [1.29, 1.82) is 0 Å². The average Bonchev–Trinajstić information content (AvgIpc) is 1.46. The van der Waals surface area contributed by atoms with Crippen LogP contribution < -0.4 is 44.3 Å². The number of anilines is 4. The van der Waals surface area contributed by atoms with Crippen LogP contribution >= 0.6 is 11.3 Å². The van der Waals surface area contributed by atoms with E-state index in [1.807, 2.05) is 56.3 Å². The Morgan fingerprint density at radius 1 is 0.557 bits per heavy atom. The van der Waals surface area contributed by atoms with Crippen LogP contribution in [-0.2, 0) is 38.4 Å². The number of benzene rings is 4. The van der Waals surface area contributed by atoms with E-state index in [0.29, 0.717) is 82.8 Å². The molecule has 21 nitrogen and oxygen atoms in total. The lowest BCUT2D eigenvalue weighted by molar-refractivity contribution is -0.124. The van der Waals surface area contributed by atoms with Crippen molar-refractivity contribution in [3.63, 3.8) is 0 Å². The molecule has 2 N–H and O–H groups in total. The molecule has 3 aliphatic carbocycles. The number of tetrazole rings is 1. The molecule has 3 saturated carbocycles. The molecule has 0 radical (unpaired) electrons. The highest BCUT2D eigenvalue weighted by Crippen LogP contribution is 2.41. The molecule has 1 atom stereocenters. The minimum absolute atomic E-state index is 0.00318. The third-order valence-corrected chi connectivity index (χ3v) is 18.1. The maximum atomic E-state index is 13.5. The number of Topliss-reactive ketones (excluding diaryl/α,β-unsaturated/α-hetero) is 3. The Morgan fingerprint density at radius 3 is 1.46 bits per heavy atom. The van der Waals surface area contributed by atoms with Crippen LogP contribution in [-0.4, -0.2) is 115 Å². The molecule has 3 aliphatic rings. The van der Waals surface area contributed by atoms with Gasteiger partial charge in [-0.1, -0.05) is 83.1 Å². The Morgan fingerprint density at radius 2 is 1.04 bits per heavy atom. The molecule has 0 spiro atoms. The van der Waals surface area contributed by atoms with Crippen molar-refractivity contribution in [2.45, 2.75) is 130 Å². The first-order valence-corrected chi connectivity index (χ1v) is 32.9. The van der Waals surface area contributed by atoms with Crippen LogP contribution in [0, 0.1) is 94.8 Å². The van der Waals surface area contributed by atoms with Crippen LogP contribution in [0.15, 0.2) is 90.6 Å². The highest BCUT2D eigenvalue weighted by molar-refractivity contribution is 7.10. The third-order valence-electron chi connectivity index (χ3n) is 17.2. The molecule has 4 aromatic carbocycles. The van der Waals surface area contributed by atoms with Crippen molar-refractivity contribution in [3.8, 4) is 78.1 Å². The first kappa shape index (κ1) is 75.5. The highest BCUT2D eigenvalue weighted by atomic mass is 32.1. The van der Waals surface area contributed by atoms with Crippen molar-refractivity contribution < 1.29 is 57.3 Å². The highest BCUT2D eigenvalue weighted by Gasteiger charge is 2.36. The summed E-state index contributed by atoms with van der Waals surface area (Å²) >= 11 is 1.45. The van der Waals surface area contributed by atoms with E-state index in [2.05, 4.69) is 33.3 Å². The number of rotatable bonds is 24. The zero-order chi connectivity index (χ0) is 70.7. The molecule has 1 unspecified atom stereocenters. The Hall–Kier alpha value is -10.6. The van der Waals surface area contributed by atoms with Crippen molar-refractivity contribution in [1.82, 2.24) is 20.2 Å². The van der Waals surface area contributed by atoms with Gasteiger partial charge in [0.2, 0.25) is 5.91 Å². The zero-order valence-corrected chi connectivity index (χ0v) is 57.3. The SMILES string of the molecule is C#CC(=O)N(CC(=O)CC1CCCC1)c1ccc(-n2cnnn2)c(C)c1.C#CC(=O)N(CC(=O)CC1CCCC1)c1ccc(OC)cc1C.C#CC(=O)N(CC(N)=O)c1ccc(OC)cc1C.C#CC(=O)N(c1cc(C)c(OC)c(OC)c1)C(C(=O)CC1CCCC1)c1cccs1.